The second-order valence-electron chi connectivity index (χ2n) is 7.91. The van der Waals surface area contributed by atoms with E-state index in [0.29, 0.717) is 5.69 Å². The minimum absolute atomic E-state index is 0.0551. The highest BCUT2D eigenvalue weighted by atomic mass is 16.3. The number of nitrogens with zero attached hydrogens (tertiary/aromatic N) is 1. The molecule has 2 nitrogen and oxygen atoms in total. The lowest BCUT2D eigenvalue weighted by Crippen LogP contribution is -2.16. The fourth-order valence-corrected chi connectivity index (χ4v) is 2.45. The molecule has 0 amide bonds. The Kier molecular flexibility index (Phi) is 4.23. The molecule has 0 radical (unpaired) electrons. The lowest BCUT2D eigenvalue weighted by molar-refractivity contribution is 0.569. The molecular weight excluding hydrogens is 270 g/mol. The van der Waals surface area contributed by atoms with Crippen molar-refractivity contribution in [2.75, 3.05) is 0 Å². The molecule has 0 aliphatic carbocycles. The van der Waals surface area contributed by atoms with E-state index in [2.05, 4.69) is 64.9 Å². The summed E-state index contributed by atoms with van der Waals surface area (Å²) in [6, 6.07) is 14.2. The summed E-state index contributed by atoms with van der Waals surface area (Å²) >= 11 is 0. The Hall–Kier alpha value is -1.96. The van der Waals surface area contributed by atoms with Crippen LogP contribution in [0.3, 0.4) is 0 Å². The van der Waals surface area contributed by atoms with Crippen LogP contribution in [-0.4, -0.2) is 0 Å². The van der Waals surface area contributed by atoms with E-state index in [1.54, 1.807) is 6.07 Å². The zero-order valence-electron chi connectivity index (χ0n) is 14.4. The number of hydrogen-bond donors (Lipinski definition) is 0. The molecule has 0 spiro atoms. The largest absolute Gasteiger partial charge is 0.145 e. The third kappa shape index (κ3) is 3.44. The van der Waals surface area contributed by atoms with Gasteiger partial charge in [0.05, 0.1) is 0 Å². The predicted octanol–water partition coefficient (Wildman–Crippen LogP) is 6.35. The highest BCUT2D eigenvalue weighted by molar-refractivity contribution is 5.77. The van der Waals surface area contributed by atoms with Crippen molar-refractivity contribution in [1.29, 1.82) is 0 Å². The van der Waals surface area contributed by atoms with Crippen LogP contribution in [0.5, 0.6) is 0 Å². The smallest absolute Gasteiger partial charge is 0.115 e. The maximum absolute atomic E-state index is 11.1. The van der Waals surface area contributed by atoms with Gasteiger partial charge in [0.1, 0.15) is 5.69 Å². The highest BCUT2D eigenvalue weighted by Gasteiger charge is 2.21. The summed E-state index contributed by atoms with van der Waals surface area (Å²) < 4.78 is 0. The Morgan fingerprint density at radius 1 is 0.773 bits per heavy atom. The Morgan fingerprint density at radius 3 is 1.73 bits per heavy atom. The van der Waals surface area contributed by atoms with Gasteiger partial charge in [0.2, 0.25) is 0 Å². The van der Waals surface area contributed by atoms with Gasteiger partial charge in [-0.2, -0.15) is 0 Å². The molecule has 0 N–H and O–H groups in total. The van der Waals surface area contributed by atoms with Gasteiger partial charge in [0.15, 0.2) is 0 Å². The summed E-state index contributed by atoms with van der Waals surface area (Å²) in [5, 5.41) is 3.18. The highest BCUT2D eigenvalue weighted by Crippen LogP contribution is 2.37. The molecule has 116 valence electrons. The van der Waals surface area contributed by atoms with Crippen molar-refractivity contribution in [2.24, 2.45) is 5.18 Å². The topological polar surface area (TPSA) is 29.4 Å². The fourth-order valence-electron chi connectivity index (χ4n) is 2.45. The van der Waals surface area contributed by atoms with Crippen LogP contribution in [0.1, 0.15) is 52.7 Å². The van der Waals surface area contributed by atoms with Gasteiger partial charge >= 0.3 is 0 Å². The van der Waals surface area contributed by atoms with Gasteiger partial charge < -0.3 is 0 Å². The van der Waals surface area contributed by atoms with E-state index in [1.165, 1.54) is 11.1 Å². The van der Waals surface area contributed by atoms with Gasteiger partial charge in [0, 0.05) is 5.56 Å². The van der Waals surface area contributed by atoms with Gasteiger partial charge in [-0.05, 0) is 38.8 Å². The molecule has 0 unspecified atom stereocenters. The molecule has 0 atom stereocenters. The average molecular weight is 295 g/mol. The van der Waals surface area contributed by atoms with Crippen LogP contribution in [0.15, 0.2) is 47.6 Å². The van der Waals surface area contributed by atoms with Crippen molar-refractivity contribution >= 4 is 5.69 Å². The monoisotopic (exact) mass is 295 g/mol. The third-order valence-corrected chi connectivity index (χ3v) is 3.98. The van der Waals surface area contributed by atoms with E-state index in [-0.39, 0.29) is 10.8 Å². The lowest BCUT2D eigenvalue weighted by Gasteiger charge is -2.26. The molecule has 0 aliphatic rings. The minimum Gasteiger partial charge on any atom is -0.145 e. The van der Waals surface area contributed by atoms with E-state index < -0.39 is 0 Å². The molecule has 0 saturated heterocycles. The van der Waals surface area contributed by atoms with Gasteiger partial charge in [-0.25, -0.2) is 0 Å². The molecule has 22 heavy (non-hydrogen) atoms. The van der Waals surface area contributed by atoms with E-state index in [0.717, 1.165) is 11.1 Å². The van der Waals surface area contributed by atoms with E-state index in [1.807, 2.05) is 18.2 Å². The van der Waals surface area contributed by atoms with Crippen molar-refractivity contribution in [1.82, 2.24) is 0 Å². The van der Waals surface area contributed by atoms with Gasteiger partial charge in [-0.15, -0.1) is 4.91 Å². The van der Waals surface area contributed by atoms with Crippen molar-refractivity contribution in [2.45, 2.75) is 52.4 Å². The molecule has 0 bridgehead atoms. The van der Waals surface area contributed by atoms with Crippen LogP contribution < -0.4 is 0 Å². The van der Waals surface area contributed by atoms with Crippen LogP contribution in [0.2, 0.25) is 0 Å². The molecule has 0 aliphatic heterocycles. The normalized spacial score (nSPS) is 12.3. The third-order valence-electron chi connectivity index (χ3n) is 3.98. The molecule has 2 aromatic carbocycles. The second-order valence-corrected chi connectivity index (χ2v) is 7.91. The molecule has 2 heteroatoms. The van der Waals surface area contributed by atoms with E-state index in [9.17, 15) is 4.91 Å². The van der Waals surface area contributed by atoms with Crippen LogP contribution in [0, 0.1) is 4.91 Å². The van der Waals surface area contributed by atoms with Crippen molar-refractivity contribution in [3.05, 3.63) is 58.5 Å². The van der Waals surface area contributed by atoms with Crippen molar-refractivity contribution < 1.29 is 0 Å². The van der Waals surface area contributed by atoms with Crippen LogP contribution in [0.4, 0.5) is 5.69 Å². The fraction of sp³-hybridized carbons (Fsp3) is 0.400. The Balaban J connectivity index is 2.73. The van der Waals surface area contributed by atoms with Crippen molar-refractivity contribution in [3.8, 4) is 11.1 Å². The average Bonchev–Trinajstić information content (AvgIpc) is 2.45. The zero-order valence-corrected chi connectivity index (χ0v) is 14.4. The summed E-state index contributed by atoms with van der Waals surface area (Å²) in [6.45, 7) is 13.3. The van der Waals surface area contributed by atoms with Gasteiger partial charge in [-0.1, -0.05) is 77.9 Å². The van der Waals surface area contributed by atoms with Crippen molar-refractivity contribution in [3.63, 3.8) is 0 Å². The predicted molar refractivity (Wildman–Crippen MR) is 94.7 cm³/mol. The molecule has 0 saturated carbocycles. The maximum atomic E-state index is 11.1. The van der Waals surface area contributed by atoms with Crippen LogP contribution in [0.25, 0.3) is 11.1 Å². The molecule has 0 fully saturated rings. The van der Waals surface area contributed by atoms with E-state index >= 15 is 0 Å². The SMILES string of the molecule is CC(C)(C)c1cc(-c2ccccc2N=O)cc(C(C)(C)C)c1. The first kappa shape index (κ1) is 16.4. The summed E-state index contributed by atoms with van der Waals surface area (Å²) in [6.07, 6.45) is 0. The maximum Gasteiger partial charge on any atom is 0.115 e. The Morgan fingerprint density at radius 2 is 1.27 bits per heavy atom. The number of rotatable bonds is 2. The number of nitroso groups, excluding NO2 is 1. The number of hydrogen-bond acceptors (Lipinski definition) is 2. The zero-order chi connectivity index (χ0) is 16.5. The second kappa shape index (κ2) is 5.68. The molecule has 2 aromatic rings. The first-order chi connectivity index (χ1) is 10.1. The van der Waals surface area contributed by atoms with Crippen LogP contribution >= 0.6 is 0 Å². The molecule has 0 heterocycles. The standard InChI is InChI=1S/C20H25NO/c1-19(2,3)15-11-14(12-16(13-15)20(4,5)6)17-9-7-8-10-18(17)21-22/h7-13H,1-6H3. The number of benzene rings is 2. The summed E-state index contributed by atoms with van der Waals surface area (Å²) in [7, 11) is 0. The van der Waals surface area contributed by atoms with Gasteiger partial charge in [0.25, 0.3) is 0 Å². The first-order valence-electron chi connectivity index (χ1n) is 7.72. The van der Waals surface area contributed by atoms with E-state index in [4.69, 9.17) is 0 Å². The van der Waals surface area contributed by atoms with Crippen LogP contribution in [-0.2, 0) is 10.8 Å². The molecule has 0 aromatic heterocycles. The summed E-state index contributed by atoms with van der Waals surface area (Å²) in [4.78, 5) is 11.1. The summed E-state index contributed by atoms with van der Waals surface area (Å²) in [5.74, 6) is 0. The minimum atomic E-state index is 0.0551. The summed E-state index contributed by atoms with van der Waals surface area (Å²) in [5.41, 5.74) is 5.11. The quantitative estimate of drug-likeness (QED) is 0.594. The molecule has 2 rings (SSSR count). The lowest BCUT2D eigenvalue weighted by atomic mass is 9.79. The Bertz CT molecular complexity index is 655. The van der Waals surface area contributed by atoms with Gasteiger partial charge in [-0.3, -0.25) is 0 Å². The first-order valence-corrected chi connectivity index (χ1v) is 7.72. The Labute approximate surface area is 133 Å². The molecular formula is C20H25NO.